The third-order valence-electron chi connectivity index (χ3n) is 6.60. The molecule has 0 radical (unpaired) electrons. The summed E-state index contributed by atoms with van der Waals surface area (Å²) in [5.74, 6) is -0.722. The fraction of sp³-hybridized carbons (Fsp3) is 0.0588. The van der Waals surface area contributed by atoms with Gasteiger partial charge in [0.2, 0.25) is 11.8 Å². The van der Waals surface area contributed by atoms with Crippen LogP contribution in [-0.2, 0) is 16.5 Å². The van der Waals surface area contributed by atoms with Gasteiger partial charge in [0.1, 0.15) is 11.1 Å². The van der Waals surface area contributed by atoms with Crippen molar-refractivity contribution in [3.63, 3.8) is 0 Å². The summed E-state index contributed by atoms with van der Waals surface area (Å²) in [6.45, 7) is 3.44. The van der Waals surface area contributed by atoms with Crippen LogP contribution in [0.5, 0.6) is 11.8 Å². The third-order valence-corrected chi connectivity index (χ3v) is 6.60. The second-order valence-electron chi connectivity index (χ2n) is 9.45. The average molecular weight is 615 g/mol. The number of para-hydroxylation sites is 2. The maximum Gasteiger partial charge on any atom is 0.225 e. The van der Waals surface area contributed by atoms with E-state index in [0.29, 0.717) is 33.9 Å². The van der Waals surface area contributed by atoms with Crippen molar-refractivity contribution in [2.75, 3.05) is 0 Å². The van der Waals surface area contributed by atoms with Gasteiger partial charge in [-0.25, -0.2) is 9.36 Å². The normalized spacial score (nSPS) is 10.3. The first kappa shape index (κ1) is 30.7. The van der Waals surface area contributed by atoms with E-state index in [9.17, 15) is 19.8 Å². The Morgan fingerprint density at radius 2 is 0.791 bits per heavy atom. The topological polar surface area (TPSA) is 110 Å². The van der Waals surface area contributed by atoms with E-state index in [4.69, 9.17) is 0 Å². The molecule has 6 rings (SSSR count). The smallest absolute Gasteiger partial charge is 0.225 e. The van der Waals surface area contributed by atoms with Crippen LogP contribution in [0, 0.1) is 13.8 Å². The molecule has 0 fully saturated rings. The minimum atomic E-state index is -0.229. The van der Waals surface area contributed by atoms with Crippen LogP contribution < -0.4 is 0 Å². The van der Waals surface area contributed by atoms with Crippen LogP contribution in [-0.4, -0.2) is 41.3 Å². The number of benzene rings is 4. The molecule has 0 saturated carbocycles. The van der Waals surface area contributed by atoms with Gasteiger partial charge in [-0.3, -0.25) is 9.59 Å². The van der Waals surface area contributed by atoms with Crippen molar-refractivity contribution in [2.24, 2.45) is 0 Å². The van der Waals surface area contributed by atoms with Crippen LogP contribution in [0.15, 0.2) is 121 Å². The Morgan fingerprint density at radius 1 is 0.512 bits per heavy atom. The van der Waals surface area contributed by atoms with Gasteiger partial charge in [0.25, 0.3) is 0 Å². The molecule has 0 atom stereocenters. The molecule has 0 bridgehead atoms. The largest absolute Gasteiger partial charge is 0.493 e. The number of aryl methyl sites for hydroxylation is 2. The average Bonchev–Trinajstić information content (AvgIpc) is 3.51. The molecule has 0 saturated heterocycles. The Balaban J connectivity index is 0.000000192. The third kappa shape index (κ3) is 6.47. The summed E-state index contributed by atoms with van der Waals surface area (Å²) in [5, 5.41) is 29.3. The van der Waals surface area contributed by atoms with Crippen molar-refractivity contribution >= 4 is 11.6 Å². The molecule has 2 N–H and O–H groups in total. The fourth-order valence-corrected chi connectivity index (χ4v) is 4.53. The van der Waals surface area contributed by atoms with E-state index >= 15 is 0 Å². The van der Waals surface area contributed by atoms with Gasteiger partial charge in [-0.1, -0.05) is 97.1 Å². The second-order valence-corrected chi connectivity index (χ2v) is 9.45. The number of ketones is 2. The van der Waals surface area contributed by atoms with Gasteiger partial charge < -0.3 is 10.2 Å². The van der Waals surface area contributed by atoms with E-state index in [1.165, 1.54) is 9.36 Å². The van der Waals surface area contributed by atoms with Crippen molar-refractivity contribution in [3.8, 4) is 23.1 Å². The van der Waals surface area contributed by atoms with E-state index in [1.807, 2.05) is 72.8 Å². The zero-order chi connectivity index (χ0) is 29.6. The zero-order valence-corrected chi connectivity index (χ0v) is 24.4. The number of hydrogen-bond donors (Lipinski definition) is 2. The number of carbonyl (C=O) groups excluding carboxylic acids is 2. The van der Waals surface area contributed by atoms with Gasteiger partial charge in [-0.2, -0.15) is 10.2 Å². The number of aromatic hydroxyl groups is 2. The van der Waals surface area contributed by atoms with Crippen molar-refractivity contribution in [1.82, 2.24) is 19.6 Å². The van der Waals surface area contributed by atoms with Crippen LogP contribution in [0.4, 0.5) is 0 Å². The maximum atomic E-state index is 12.5. The molecule has 0 spiro atoms. The summed E-state index contributed by atoms with van der Waals surface area (Å²) in [4.78, 5) is 25.0. The fourth-order valence-electron chi connectivity index (χ4n) is 4.53. The molecule has 0 unspecified atom stereocenters. The van der Waals surface area contributed by atoms with Crippen molar-refractivity contribution < 1.29 is 36.3 Å². The van der Waals surface area contributed by atoms with E-state index in [0.717, 1.165) is 0 Å². The minimum Gasteiger partial charge on any atom is -0.493 e. The summed E-state index contributed by atoms with van der Waals surface area (Å²) in [5.41, 5.74) is 3.98. The van der Waals surface area contributed by atoms with Gasteiger partial charge in [0.15, 0.2) is 11.6 Å². The van der Waals surface area contributed by atoms with Gasteiger partial charge in [-0.05, 0) is 38.1 Å². The Hall–Kier alpha value is -5.27. The van der Waals surface area contributed by atoms with E-state index in [2.05, 4.69) is 10.2 Å². The van der Waals surface area contributed by atoms with Crippen LogP contribution in [0.25, 0.3) is 11.4 Å². The molecule has 0 amide bonds. The molecule has 43 heavy (non-hydrogen) atoms. The van der Waals surface area contributed by atoms with Crippen molar-refractivity contribution in [2.45, 2.75) is 13.8 Å². The zero-order valence-electron chi connectivity index (χ0n) is 23.4. The van der Waals surface area contributed by atoms with Crippen molar-refractivity contribution in [3.05, 3.63) is 155 Å². The molecular formula is C34H28N4NiO4. The van der Waals surface area contributed by atoms with Gasteiger partial charge in [0.05, 0.1) is 22.8 Å². The Labute approximate surface area is 258 Å². The molecule has 4 aromatic carbocycles. The summed E-state index contributed by atoms with van der Waals surface area (Å²) < 4.78 is 2.76. The molecule has 2 aromatic heterocycles. The van der Waals surface area contributed by atoms with Crippen molar-refractivity contribution in [1.29, 1.82) is 0 Å². The molecule has 218 valence electrons. The first-order valence-corrected chi connectivity index (χ1v) is 13.2. The SMILES string of the molecule is Cc1nn(-c2ccccc2)c(O)c1C(=O)c1ccccc1.Cc1nn(-c2ccccc2)c(O)c1C(=O)c1ccccc1.[Ni]. The predicted octanol–water partition coefficient (Wildman–Crippen LogP) is 6.23. The first-order valence-electron chi connectivity index (χ1n) is 13.2. The predicted molar refractivity (Wildman–Crippen MR) is 160 cm³/mol. The minimum absolute atomic E-state index is 0. The van der Waals surface area contributed by atoms with Gasteiger partial charge in [-0.15, -0.1) is 0 Å². The number of aromatic nitrogens is 4. The summed E-state index contributed by atoms with van der Waals surface area (Å²) in [7, 11) is 0. The van der Waals surface area contributed by atoms with E-state index in [1.54, 1.807) is 62.4 Å². The molecule has 0 aliphatic carbocycles. The monoisotopic (exact) mass is 614 g/mol. The Bertz CT molecular complexity index is 1700. The molecule has 9 heteroatoms. The standard InChI is InChI=1S/2C17H14N2O2.Ni/c2*1-12-15(16(20)13-8-4-2-5-9-13)17(21)19(18-12)14-10-6-3-7-11-14;/h2*2-11,21H,1H3;. The Morgan fingerprint density at radius 3 is 1.09 bits per heavy atom. The van der Waals surface area contributed by atoms with Crippen LogP contribution in [0.3, 0.4) is 0 Å². The van der Waals surface area contributed by atoms with E-state index in [-0.39, 0.29) is 50.9 Å². The summed E-state index contributed by atoms with van der Waals surface area (Å²) in [6, 6.07) is 36.2. The number of hydrogen-bond acceptors (Lipinski definition) is 6. The molecular weight excluding hydrogens is 587 g/mol. The second kappa shape index (κ2) is 13.6. The molecule has 2 heterocycles. The number of nitrogens with zero attached hydrogens (tertiary/aromatic N) is 4. The van der Waals surface area contributed by atoms with Crippen LogP contribution >= 0.6 is 0 Å². The maximum absolute atomic E-state index is 12.5. The summed E-state index contributed by atoms with van der Waals surface area (Å²) >= 11 is 0. The first-order chi connectivity index (χ1) is 20.4. The number of rotatable bonds is 6. The summed E-state index contributed by atoms with van der Waals surface area (Å²) in [6.07, 6.45) is 0. The quantitative estimate of drug-likeness (QED) is 0.170. The van der Waals surface area contributed by atoms with Crippen LogP contribution in [0.1, 0.15) is 43.2 Å². The van der Waals surface area contributed by atoms with Gasteiger partial charge >= 0.3 is 0 Å². The van der Waals surface area contributed by atoms with E-state index < -0.39 is 0 Å². The molecule has 0 aliphatic rings. The van der Waals surface area contributed by atoms with Crippen LogP contribution in [0.2, 0.25) is 0 Å². The number of carbonyl (C=O) groups is 2. The molecule has 0 aliphatic heterocycles. The Kier molecular flexibility index (Phi) is 9.70. The molecule has 8 nitrogen and oxygen atoms in total. The van der Waals surface area contributed by atoms with Gasteiger partial charge in [0, 0.05) is 27.6 Å². The molecule has 6 aromatic rings.